The molecule has 1 saturated heterocycles. The van der Waals surface area contributed by atoms with Crippen molar-refractivity contribution in [3.05, 3.63) is 34.2 Å². The monoisotopic (exact) mass is 285 g/mol. The van der Waals surface area contributed by atoms with Gasteiger partial charge >= 0.3 is 0 Å². The summed E-state index contributed by atoms with van der Waals surface area (Å²) < 4.78 is 0. The van der Waals surface area contributed by atoms with Gasteiger partial charge in [0.05, 0.1) is 5.56 Å². The molecule has 1 aliphatic rings. The second-order valence-corrected chi connectivity index (χ2v) is 4.59. The van der Waals surface area contributed by atoms with Crippen molar-refractivity contribution in [2.75, 3.05) is 19.6 Å². The molecule has 1 fully saturated rings. The van der Waals surface area contributed by atoms with Crippen molar-refractivity contribution in [1.82, 2.24) is 15.2 Å². The van der Waals surface area contributed by atoms with Crippen molar-refractivity contribution in [3.8, 4) is 0 Å². The van der Waals surface area contributed by atoms with Crippen LogP contribution in [0.1, 0.15) is 30.1 Å². The fourth-order valence-electron chi connectivity index (χ4n) is 2.31. The number of halogens is 1. The van der Waals surface area contributed by atoms with Crippen LogP contribution in [0.5, 0.6) is 0 Å². The van der Waals surface area contributed by atoms with Gasteiger partial charge in [-0.05, 0) is 25.5 Å². The van der Waals surface area contributed by atoms with E-state index in [9.17, 15) is 9.59 Å². The predicted molar refractivity (Wildman–Crippen MR) is 76.9 cm³/mol. The molecule has 19 heavy (non-hydrogen) atoms. The van der Waals surface area contributed by atoms with E-state index in [1.165, 1.54) is 12.3 Å². The molecule has 106 valence electrons. The van der Waals surface area contributed by atoms with Gasteiger partial charge in [0.2, 0.25) is 5.56 Å². The predicted octanol–water partition coefficient (Wildman–Crippen LogP) is 1.01. The molecule has 6 heteroatoms. The molecule has 2 rings (SSSR count). The molecule has 2 heterocycles. The van der Waals surface area contributed by atoms with Crippen LogP contribution in [0.4, 0.5) is 0 Å². The van der Waals surface area contributed by atoms with Gasteiger partial charge in [-0.2, -0.15) is 0 Å². The molecule has 2 N–H and O–H groups in total. The zero-order valence-electron chi connectivity index (χ0n) is 11.0. The SMILES string of the molecule is CCCN(C(=O)c1ccc(=O)[nH]c1)C1CCNC1.Cl. The number of hydrogen-bond donors (Lipinski definition) is 2. The number of nitrogens with zero attached hydrogens (tertiary/aromatic N) is 1. The Hall–Kier alpha value is -1.33. The maximum Gasteiger partial charge on any atom is 0.255 e. The summed E-state index contributed by atoms with van der Waals surface area (Å²) in [5.74, 6) is 0.00167. The Kier molecular flexibility index (Phi) is 6.05. The minimum atomic E-state index is -0.184. The van der Waals surface area contributed by atoms with E-state index in [4.69, 9.17) is 0 Å². The van der Waals surface area contributed by atoms with Gasteiger partial charge in [-0.3, -0.25) is 9.59 Å². The maximum atomic E-state index is 12.4. The lowest BCUT2D eigenvalue weighted by atomic mass is 10.1. The van der Waals surface area contributed by atoms with Gasteiger partial charge in [-0.1, -0.05) is 6.92 Å². The van der Waals surface area contributed by atoms with E-state index >= 15 is 0 Å². The van der Waals surface area contributed by atoms with Crippen LogP contribution in [-0.2, 0) is 0 Å². The molecule has 1 amide bonds. The topological polar surface area (TPSA) is 65.2 Å². The van der Waals surface area contributed by atoms with Crippen LogP contribution in [-0.4, -0.2) is 41.5 Å². The number of carbonyl (C=O) groups excluding carboxylic acids is 1. The zero-order chi connectivity index (χ0) is 13.0. The van der Waals surface area contributed by atoms with E-state index in [0.717, 1.165) is 32.5 Å². The molecule has 0 aliphatic carbocycles. The van der Waals surface area contributed by atoms with Crippen molar-refractivity contribution in [2.24, 2.45) is 0 Å². The van der Waals surface area contributed by atoms with Gasteiger partial charge < -0.3 is 15.2 Å². The fourth-order valence-corrected chi connectivity index (χ4v) is 2.31. The highest BCUT2D eigenvalue weighted by molar-refractivity contribution is 5.94. The Morgan fingerprint density at radius 3 is 2.79 bits per heavy atom. The molecule has 0 spiro atoms. The first-order valence-corrected chi connectivity index (χ1v) is 6.43. The van der Waals surface area contributed by atoms with Crippen molar-refractivity contribution in [3.63, 3.8) is 0 Å². The second-order valence-electron chi connectivity index (χ2n) is 4.59. The van der Waals surface area contributed by atoms with Crippen LogP contribution in [0, 0.1) is 0 Å². The molecule has 0 bridgehead atoms. The third-order valence-electron chi connectivity index (χ3n) is 3.23. The van der Waals surface area contributed by atoms with E-state index in [-0.39, 0.29) is 29.9 Å². The molecule has 1 aromatic rings. The van der Waals surface area contributed by atoms with Crippen LogP contribution in [0.3, 0.4) is 0 Å². The van der Waals surface area contributed by atoms with Gasteiger partial charge in [-0.15, -0.1) is 12.4 Å². The van der Waals surface area contributed by atoms with E-state index < -0.39 is 0 Å². The Morgan fingerprint density at radius 2 is 2.26 bits per heavy atom. The summed E-state index contributed by atoms with van der Waals surface area (Å²) in [6, 6.07) is 3.25. The highest BCUT2D eigenvalue weighted by atomic mass is 35.5. The standard InChI is InChI=1S/C13H19N3O2.ClH/c1-2-7-16(11-5-6-14-9-11)13(18)10-3-4-12(17)15-8-10;/h3-4,8,11,14H,2,5-7,9H2,1H3,(H,15,17);1H. The van der Waals surface area contributed by atoms with Gasteiger partial charge in [0, 0.05) is 31.4 Å². The Balaban J connectivity index is 0.00000180. The van der Waals surface area contributed by atoms with E-state index in [1.54, 1.807) is 6.07 Å². The van der Waals surface area contributed by atoms with Crippen LogP contribution in [0.15, 0.2) is 23.1 Å². The van der Waals surface area contributed by atoms with E-state index in [0.29, 0.717) is 5.56 Å². The summed E-state index contributed by atoms with van der Waals surface area (Å²) in [6.07, 6.45) is 3.43. The molecule has 1 atom stereocenters. The van der Waals surface area contributed by atoms with Crippen molar-refractivity contribution >= 4 is 18.3 Å². The van der Waals surface area contributed by atoms with E-state index in [2.05, 4.69) is 17.2 Å². The smallest absolute Gasteiger partial charge is 0.255 e. The van der Waals surface area contributed by atoms with Crippen molar-refractivity contribution < 1.29 is 4.79 Å². The van der Waals surface area contributed by atoms with E-state index in [1.807, 2.05) is 4.90 Å². The number of pyridine rings is 1. The highest BCUT2D eigenvalue weighted by Gasteiger charge is 2.26. The number of amides is 1. The van der Waals surface area contributed by atoms with Crippen LogP contribution < -0.4 is 10.9 Å². The molecule has 0 saturated carbocycles. The number of carbonyl (C=O) groups is 1. The molecule has 1 unspecified atom stereocenters. The third-order valence-corrected chi connectivity index (χ3v) is 3.23. The average molecular weight is 286 g/mol. The molecular weight excluding hydrogens is 266 g/mol. The molecule has 0 radical (unpaired) electrons. The van der Waals surface area contributed by atoms with Crippen molar-refractivity contribution in [2.45, 2.75) is 25.8 Å². The molecule has 0 aromatic carbocycles. The van der Waals surface area contributed by atoms with Crippen molar-refractivity contribution in [1.29, 1.82) is 0 Å². The zero-order valence-corrected chi connectivity index (χ0v) is 11.8. The maximum absolute atomic E-state index is 12.4. The third kappa shape index (κ3) is 3.81. The van der Waals surface area contributed by atoms with Crippen LogP contribution in [0.25, 0.3) is 0 Å². The van der Waals surface area contributed by atoms with Gasteiger partial charge in [0.1, 0.15) is 0 Å². The summed E-state index contributed by atoms with van der Waals surface area (Å²) in [5.41, 5.74) is 0.367. The Morgan fingerprint density at radius 1 is 1.47 bits per heavy atom. The van der Waals surface area contributed by atoms with Gasteiger partial charge in [0.15, 0.2) is 0 Å². The lowest BCUT2D eigenvalue weighted by molar-refractivity contribution is 0.0692. The molecule has 1 aromatic heterocycles. The summed E-state index contributed by atoms with van der Waals surface area (Å²) in [4.78, 5) is 27.9. The van der Waals surface area contributed by atoms with Gasteiger partial charge in [0.25, 0.3) is 5.91 Å². The Labute approximate surface area is 118 Å². The number of aromatic amines is 1. The fraction of sp³-hybridized carbons (Fsp3) is 0.538. The first-order chi connectivity index (χ1) is 8.72. The average Bonchev–Trinajstić information content (AvgIpc) is 2.90. The number of nitrogens with one attached hydrogen (secondary N) is 2. The first-order valence-electron chi connectivity index (χ1n) is 6.43. The molecular formula is C13H20ClN3O2. The summed E-state index contributed by atoms with van der Waals surface area (Å²) >= 11 is 0. The summed E-state index contributed by atoms with van der Waals surface area (Å²) in [6.45, 7) is 4.64. The summed E-state index contributed by atoms with van der Waals surface area (Å²) in [5, 5.41) is 3.27. The number of H-pyrrole nitrogens is 1. The molecule has 1 aliphatic heterocycles. The minimum Gasteiger partial charge on any atom is -0.334 e. The lowest BCUT2D eigenvalue weighted by Gasteiger charge is -2.28. The minimum absolute atomic E-state index is 0. The van der Waals surface area contributed by atoms with Gasteiger partial charge in [-0.25, -0.2) is 0 Å². The quantitative estimate of drug-likeness (QED) is 0.868. The van der Waals surface area contributed by atoms with Crippen LogP contribution >= 0.6 is 12.4 Å². The lowest BCUT2D eigenvalue weighted by Crippen LogP contribution is -2.42. The summed E-state index contributed by atoms with van der Waals surface area (Å²) in [7, 11) is 0. The number of aromatic nitrogens is 1. The second kappa shape index (κ2) is 7.31. The largest absolute Gasteiger partial charge is 0.334 e. The first kappa shape index (κ1) is 15.7. The number of hydrogen-bond acceptors (Lipinski definition) is 3. The Bertz CT molecular complexity index is 449. The highest BCUT2D eigenvalue weighted by Crippen LogP contribution is 2.13. The normalized spacial score (nSPS) is 17.8. The number of rotatable bonds is 4. The molecule has 5 nitrogen and oxygen atoms in total. The van der Waals surface area contributed by atoms with Crippen LogP contribution in [0.2, 0.25) is 0 Å².